The molecule has 0 radical (unpaired) electrons. The molecule has 2 heterocycles. The first-order valence-electron chi connectivity index (χ1n) is 5.56. The number of nitrogens with two attached hydrogens (primary N) is 1. The Morgan fingerprint density at radius 1 is 1.24 bits per heavy atom. The highest BCUT2D eigenvalue weighted by Gasteiger charge is 2.14. The summed E-state index contributed by atoms with van der Waals surface area (Å²) in [4.78, 5) is 7.96. The van der Waals surface area contributed by atoms with Crippen LogP contribution in [0, 0.1) is 6.92 Å². The molecule has 0 saturated carbocycles. The first-order valence-corrected chi connectivity index (χ1v) is 5.56. The second-order valence-corrected chi connectivity index (χ2v) is 3.89. The van der Waals surface area contributed by atoms with Gasteiger partial charge in [0, 0.05) is 18.0 Å². The molecular formula is C12H15N5. The van der Waals surface area contributed by atoms with Crippen LogP contribution in [0.15, 0.2) is 24.8 Å². The SMILES string of the molecule is CCc1nnc(C)cc1C(N)c1cncnc1. The van der Waals surface area contributed by atoms with E-state index in [4.69, 9.17) is 5.73 Å². The van der Waals surface area contributed by atoms with Crippen molar-refractivity contribution in [3.05, 3.63) is 47.3 Å². The number of hydrogen-bond donors (Lipinski definition) is 1. The second kappa shape index (κ2) is 4.97. The van der Waals surface area contributed by atoms with Crippen molar-refractivity contribution in [2.75, 3.05) is 0 Å². The Hall–Kier alpha value is -1.88. The summed E-state index contributed by atoms with van der Waals surface area (Å²) in [6.07, 6.45) is 5.76. The van der Waals surface area contributed by atoms with E-state index < -0.39 is 0 Å². The summed E-state index contributed by atoms with van der Waals surface area (Å²) >= 11 is 0. The van der Waals surface area contributed by atoms with Gasteiger partial charge in [-0.15, -0.1) is 0 Å². The van der Waals surface area contributed by atoms with Crippen molar-refractivity contribution in [2.24, 2.45) is 5.73 Å². The fourth-order valence-electron chi connectivity index (χ4n) is 1.73. The third kappa shape index (κ3) is 2.45. The molecule has 0 aliphatic heterocycles. The largest absolute Gasteiger partial charge is 0.320 e. The Labute approximate surface area is 100 Å². The molecule has 5 heteroatoms. The van der Waals surface area contributed by atoms with E-state index in [2.05, 4.69) is 20.2 Å². The Bertz CT molecular complexity index is 498. The third-order valence-corrected chi connectivity index (χ3v) is 2.64. The van der Waals surface area contributed by atoms with Gasteiger partial charge in [-0.25, -0.2) is 9.97 Å². The predicted octanol–water partition coefficient (Wildman–Crippen LogP) is 1.19. The zero-order valence-electron chi connectivity index (χ0n) is 9.96. The molecule has 0 aliphatic carbocycles. The van der Waals surface area contributed by atoms with Gasteiger partial charge in [-0.1, -0.05) is 6.92 Å². The van der Waals surface area contributed by atoms with E-state index in [1.807, 2.05) is 19.9 Å². The zero-order valence-corrected chi connectivity index (χ0v) is 9.96. The molecule has 0 fully saturated rings. The fourth-order valence-corrected chi connectivity index (χ4v) is 1.73. The van der Waals surface area contributed by atoms with Crippen LogP contribution in [0.5, 0.6) is 0 Å². The number of rotatable bonds is 3. The summed E-state index contributed by atoms with van der Waals surface area (Å²) in [5.74, 6) is 0. The quantitative estimate of drug-likeness (QED) is 0.855. The second-order valence-electron chi connectivity index (χ2n) is 3.89. The highest BCUT2D eigenvalue weighted by Crippen LogP contribution is 2.21. The molecule has 0 aromatic carbocycles. The number of aryl methyl sites for hydroxylation is 2. The van der Waals surface area contributed by atoms with E-state index in [0.29, 0.717) is 0 Å². The van der Waals surface area contributed by atoms with E-state index in [9.17, 15) is 0 Å². The monoisotopic (exact) mass is 229 g/mol. The Balaban J connectivity index is 2.43. The van der Waals surface area contributed by atoms with Crippen LogP contribution in [0.3, 0.4) is 0 Å². The summed E-state index contributed by atoms with van der Waals surface area (Å²) < 4.78 is 0. The molecule has 2 rings (SSSR count). The maximum atomic E-state index is 6.21. The topological polar surface area (TPSA) is 77.6 Å². The van der Waals surface area contributed by atoms with E-state index in [1.165, 1.54) is 6.33 Å². The Morgan fingerprint density at radius 2 is 1.94 bits per heavy atom. The van der Waals surface area contributed by atoms with Crippen LogP contribution in [0.4, 0.5) is 0 Å². The van der Waals surface area contributed by atoms with E-state index >= 15 is 0 Å². The van der Waals surface area contributed by atoms with Gasteiger partial charge in [0.15, 0.2) is 0 Å². The first kappa shape index (κ1) is 11.6. The lowest BCUT2D eigenvalue weighted by Gasteiger charge is -2.14. The predicted molar refractivity (Wildman–Crippen MR) is 64.2 cm³/mol. The van der Waals surface area contributed by atoms with Crippen molar-refractivity contribution in [1.82, 2.24) is 20.2 Å². The standard InChI is InChI=1S/C12H15N5/c1-3-11-10(4-8(2)16-17-11)12(13)9-5-14-7-15-6-9/h4-7,12H,3,13H2,1-2H3. The number of nitrogens with zero attached hydrogens (tertiary/aromatic N) is 4. The lowest BCUT2D eigenvalue weighted by Crippen LogP contribution is -2.16. The molecule has 0 saturated heterocycles. The smallest absolute Gasteiger partial charge is 0.115 e. The Kier molecular flexibility index (Phi) is 3.39. The summed E-state index contributed by atoms with van der Waals surface area (Å²) in [7, 11) is 0. The van der Waals surface area contributed by atoms with Crippen LogP contribution in [0.25, 0.3) is 0 Å². The molecule has 0 bridgehead atoms. The lowest BCUT2D eigenvalue weighted by molar-refractivity contribution is 0.782. The average molecular weight is 229 g/mol. The number of hydrogen-bond acceptors (Lipinski definition) is 5. The van der Waals surface area contributed by atoms with E-state index in [-0.39, 0.29) is 6.04 Å². The van der Waals surface area contributed by atoms with Crippen LogP contribution in [0.1, 0.15) is 35.5 Å². The van der Waals surface area contributed by atoms with Crippen LogP contribution in [-0.2, 0) is 6.42 Å². The van der Waals surface area contributed by atoms with Crippen LogP contribution in [-0.4, -0.2) is 20.2 Å². The molecule has 88 valence electrons. The van der Waals surface area contributed by atoms with E-state index in [0.717, 1.165) is 28.9 Å². The van der Waals surface area contributed by atoms with Gasteiger partial charge in [0.25, 0.3) is 0 Å². The van der Waals surface area contributed by atoms with Gasteiger partial charge in [-0.05, 0) is 25.0 Å². The fraction of sp³-hybridized carbons (Fsp3) is 0.333. The van der Waals surface area contributed by atoms with Crippen LogP contribution >= 0.6 is 0 Å². The highest BCUT2D eigenvalue weighted by atomic mass is 15.1. The van der Waals surface area contributed by atoms with Crippen molar-refractivity contribution in [1.29, 1.82) is 0 Å². The van der Waals surface area contributed by atoms with Crippen molar-refractivity contribution in [3.63, 3.8) is 0 Å². The third-order valence-electron chi connectivity index (χ3n) is 2.64. The van der Waals surface area contributed by atoms with Gasteiger partial charge in [-0.2, -0.15) is 10.2 Å². The summed E-state index contributed by atoms with van der Waals surface area (Å²) in [5.41, 5.74) is 9.88. The molecule has 1 unspecified atom stereocenters. The summed E-state index contributed by atoms with van der Waals surface area (Å²) in [6.45, 7) is 3.95. The van der Waals surface area contributed by atoms with Gasteiger partial charge >= 0.3 is 0 Å². The molecule has 2 N–H and O–H groups in total. The molecule has 1 atom stereocenters. The first-order chi connectivity index (χ1) is 8.22. The van der Waals surface area contributed by atoms with Crippen molar-refractivity contribution in [2.45, 2.75) is 26.3 Å². The molecule has 2 aromatic rings. The van der Waals surface area contributed by atoms with Gasteiger partial charge < -0.3 is 5.73 Å². The molecule has 5 nitrogen and oxygen atoms in total. The van der Waals surface area contributed by atoms with Crippen LogP contribution in [0.2, 0.25) is 0 Å². The lowest BCUT2D eigenvalue weighted by atomic mass is 9.99. The molecular weight excluding hydrogens is 214 g/mol. The molecule has 17 heavy (non-hydrogen) atoms. The van der Waals surface area contributed by atoms with Crippen molar-refractivity contribution >= 4 is 0 Å². The number of aromatic nitrogens is 4. The maximum Gasteiger partial charge on any atom is 0.115 e. The van der Waals surface area contributed by atoms with Crippen LogP contribution < -0.4 is 5.73 Å². The normalized spacial score (nSPS) is 12.4. The van der Waals surface area contributed by atoms with Crippen molar-refractivity contribution < 1.29 is 0 Å². The van der Waals surface area contributed by atoms with Gasteiger partial charge in [-0.3, -0.25) is 0 Å². The van der Waals surface area contributed by atoms with Gasteiger partial charge in [0.05, 0.1) is 17.4 Å². The van der Waals surface area contributed by atoms with E-state index in [1.54, 1.807) is 12.4 Å². The van der Waals surface area contributed by atoms with Gasteiger partial charge in [0.2, 0.25) is 0 Å². The molecule has 2 aromatic heterocycles. The highest BCUT2D eigenvalue weighted by molar-refractivity contribution is 5.31. The maximum absolute atomic E-state index is 6.21. The van der Waals surface area contributed by atoms with Gasteiger partial charge in [0.1, 0.15) is 6.33 Å². The minimum Gasteiger partial charge on any atom is -0.320 e. The summed E-state index contributed by atoms with van der Waals surface area (Å²) in [5, 5.41) is 8.22. The minimum absolute atomic E-state index is 0.250. The molecule has 0 aliphatic rings. The van der Waals surface area contributed by atoms with Crippen molar-refractivity contribution in [3.8, 4) is 0 Å². The molecule has 0 amide bonds. The average Bonchev–Trinajstić information content (AvgIpc) is 2.39. The summed E-state index contributed by atoms with van der Waals surface area (Å²) in [6, 6.07) is 1.73. The zero-order chi connectivity index (χ0) is 12.3. The minimum atomic E-state index is -0.250. The molecule has 0 spiro atoms. The Morgan fingerprint density at radius 3 is 2.59 bits per heavy atom.